The van der Waals surface area contributed by atoms with Gasteiger partial charge in [-0.1, -0.05) is 41.5 Å². The van der Waals surface area contributed by atoms with Crippen molar-refractivity contribution in [1.29, 1.82) is 0 Å². The number of nitrogens with zero attached hydrogens (tertiary/aromatic N) is 3. The summed E-state index contributed by atoms with van der Waals surface area (Å²) in [7, 11) is -1.79. The minimum absolute atomic E-state index is 0.185. The van der Waals surface area contributed by atoms with E-state index >= 15 is 0 Å². The van der Waals surface area contributed by atoms with E-state index in [0.29, 0.717) is 44.9 Å². The van der Waals surface area contributed by atoms with E-state index in [1.165, 1.54) is 39.9 Å². The average Bonchev–Trinajstić information content (AvgIpc) is 3.08. The standard InChI is InChI=1S/C21H21Cl2N3O3S2/c1-13-9-11-26(12-10-13)31(28,29)15-5-3-14(4-6-15)20(27)24-21-25(2)18-16(22)7-8-17(23)19(18)30-21/h3-8,13H,9-12H2,1-2H3. The van der Waals surface area contributed by atoms with Gasteiger partial charge in [0.2, 0.25) is 10.0 Å². The van der Waals surface area contributed by atoms with E-state index in [1.54, 1.807) is 23.7 Å². The molecule has 0 unspecified atom stereocenters. The summed E-state index contributed by atoms with van der Waals surface area (Å²) in [5.41, 5.74) is 1.02. The van der Waals surface area contributed by atoms with E-state index in [9.17, 15) is 13.2 Å². The molecule has 2 heterocycles. The highest BCUT2D eigenvalue weighted by molar-refractivity contribution is 7.89. The van der Waals surface area contributed by atoms with Crippen molar-refractivity contribution in [3.63, 3.8) is 0 Å². The summed E-state index contributed by atoms with van der Waals surface area (Å²) in [5.74, 6) is 0.0678. The first kappa shape index (κ1) is 22.5. The van der Waals surface area contributed by atoms with Crippen LogP contribution in [0.4, 0.5) is 0 Å². The molecule has 10 heteroatoms. The molecule has 0 atom stereocenters. The molecular formula is C21H21Cl2N3O3S2. The predicted molar refractivity (Wildman–Crippen MR) is 124 cm³/mol. The maximum Gasteiger partial charge on any atom is 0.279 e. The SMILES string of the molecule is CC1CCN(S(=O)(=O)c2ccc(C(=O)N=c3sc4c(Cl)ccc(Cl)c4n3C)cc2)CC1. The Morgan fingerprint density at radius 1 is 1.06 bits per heavy atom. The van der Waals surface area contributed by atoms with Crippen LogP contribution in [0.25, 0.3) is 10.2 Å². The van der Waals surface area contributed by atoms with Gasteiger partial charge in [-0.2, -0.15) is 9.30 Å². The Balaban J connectivity index is 1.62. The van der Waals surface area contributed by atoms with Gasteiger partial charge in [0.05, 0.1) is 25.2 Å². The largest absolute Gasteiger partial charge is 0.318 e. The molecule has 0 N–H and O–H groups in total. The van der Waals surface area contributed by atoms with Crippen LogP contribution < -0.4 is 4.80 Å². The summed E-state index contributed by atoms with van der Waals surface area (Å²) >= 11 is 13.8. The van der Waals surface area contributed by atoms with Crippen molar-refractivity contribution in [3.8, 4) is 0 Å². The number of hydrogen-bond acceptors (Lipinski definition) is 4. The Kier molecular flexibility index (Phi) is 6.29. The topological polar surface area (TPSA) is 71.7 Å². The predicted octanol–water partition coefficient (Wildman–Crippen LogP) is 4.71. The van der Waals surface area contributed by atoms with Gasteiger partial charge in [0.1, 0.15) is 0 Å². The molecule has 4 rings (SSSR count). The average molecular weight is 498 g/mol. The number of sulfonamides is 1. The number of rotatable bonds is 3. The maximum absolute atomic E-state index is 12.9. The first-order chi connectivity index (χ1) is 14.7. The number of aryl methyl sites for hydroxylation is 1. The zero-order chi connectivity index (χ0) is 22.3. The second kappa shape index (κ2) is 8.67. The molecule has 0 aliphatic carbocycles. The number of piperidine rings is 1. The molecule has 1 aliphatic rings. The Morgan fingerprint density at radius 2 is 1.68 bits per heavy atom. The van der Waals surface area contributed by atoms with Gasteiger partial charge < -0.3 is 4.57 Å². The molecule has 0 radical (unpaired) electrons. The fourth-order valence-corrected chi connectivity index (χ4v) is 6.71. The maximum atomic E-state index is 12.9. The highest BCUT2D eigenvalue weighted by Gasteiger charge is 2.28. The van der Waals surface area contributed by atoms with Crippen molar-refractivity contribution >= 4 is 60.7 Å². The van der Waals surface area contributed by atoms with Crippen molar-refractivity contribution in [1.82, 2.24) is 8.87 Å². The summed E-state index contributed by atoms with van der Waals surface area (Å²) in [6, 6.07) is 9.34. The fourth-order valence-electron chi connectivity index (χ4n) is 3.58. The number of fused-ring (bicyclic) bond motifs is 1. The van der Waals surface area contributed by atoms with Gasteiger partial charge in [-0.25, -0.2) is 8.42 Å². The lowest BCUT2D eigenvalue weighted by atomic mass is 10.0. The van der Waals surface area contributed by atoms with E-state index < -0.39 is 15.9 Å². The summed E-state index contributed by atoms with van der Waals surface area (Å²) in [4.78, 5) is 17.6. The summed E-state index contributed by atoms with van der Waals surface area (Å²) in [6.07, 6.45) is 1.71. The van der Waals surface area contributed by atoms with E-state index in [0.717, 1.165) is 17.5 Å². The Labute approximate surface area is 194 Å². The third-order valence-corrected chi connectivity index (χ3v) is 9.34. The van der Waals surface area contributed by atoms with E-state index in [4.69, 9.17) is 23.2 Å². The minimum Gasteiger partial charge on any atom is -0.318 e. The van der Waals surface area contributed by atoms with Crippen molar-refractivity contribution in [2.45, 2.75) is 24.7 Å². The highest BCUT2D eigenvalue weighted by atomic mass is 35.5. The van der Waals surface area contributed by atoms with Crippen LogP contribution in [0, 0.1) is 5.92 Å². The molecule has 6 nitrogen and oxygen atoms in total. The van der Waals surface area contributed by atoms with Crippen LogP contribution in [-0.4, -0.2) is 36.3 Å². The molecule has 1 amide bonds. The second-order valence-corrected chi connectivity index (χ2v) is 11.4. The number of halogens is 2. The van der Waals surface area contributed by atoms with Crippen molar-refractivity contribution in [3.05, 3.63) is 56.8 Å². The molecule has 2 aromatic carbocycles. The highest BCUT2D eigenvalue weighted by Crippen LogP contribution is 2.31. The summed E-state index contributed by atoms with van der Waals surface area (Å²) < 4.78 is 29.7. The van der Waals surface area contributed by atoms with Crippen LogP contribution in [0.15, 0.2) is 46.3 Å². The second-order valence-electron chi connectivity index (χ2n) is 7.68. The molecule has 164 valence electrons. The molecule has 1 aliphatic heterocycles. The zero-order valence-corrected chi connectivity index (χ0v) is 20.2. The van der Waals surface area contributed by atoms with Crippen molar-refractivity contribution in [2.75, 3.05) is 13.1 Å². The van der Waals surface area contributed by atoms with E-state index in [2.05, 4.69) is 11.9 Å². The van der Waals surface area contributed by atoms with Gasteiger partial charge in [0.25, 0.3) is 5.91 Å². The molecular weight excluding hydrogens is 477 g/mol. The van der Waals surface area contributed by atoms with E-state index in [1.807, 2.05) is 0 Å². The monoisotopic (exact) mass is 497 g/mol. The first-order valence-electron chi connectivity index (χ1n) is 9.81. The van der Waals surface area contributed by atoms with Gasteiger partial charge in [-0.3, -0.25) is 4.79 Å². The van der Waals surface area contributed by atoms with Crippen LogP contribution in [0.5, 0.6) is 0 Å². The third kappa shape index (κ3) is 4.32. The van der Waals surface area contributed by atoms with Crippen LogP contribution >= 0.6 is 34.5 Å². The van der Waals surface area contributed by atoms with Crippen LogP contribution in [0.2, 0.25) is 10.0 Å². The molecule has 3 aromatic rings. The van der Waals surface area contributed by atoms with Crippen molar-refractivity contribution in [2.24, 2.45) is 18.0 Å². The molecule has 31 heavy (non-hydrogen) atoms. The molecule has 0 saturated carbocycles. The number of carbonyl (C=O) groups is 1. The number of carbonyl (C=O) groups excluding carboxylic acids is 1. The number of benzene rings is 2. The molecule has 0 spiro atoms. The molecule has 0 bridgehead atoms. The van der Waals surface area contributed by atoms with Gasteiger partial charge in [0.15, 0.2) is 4.80 Å². The number of amides is 1. The van der Waals surface area contributed by atoms with Gasteiger partial charge >= 0.3 is 0 Å². The lowest BCUT2D eigenvalue weighted by molar-refractivity contribution is 0.0998. The van der Waals surface area contributed by atoms with Gasteiger partial charge in [0, 0.05) is 25.7 Å². The Bertz CT molecular complexity index is 1320. The van der Waals surface area contributed by atoms with Gasteiger partial charge in [-0.05, 0) is 55.2 Å². The molecule has 1 fully saturated rings. The molecule has 1 saturated heterocycles. The lowest BCUT2D eigenvalue weighted by Crippen LogP contribution is -2.37. The molecule has 1 aromatic heterocycles. The number of thiazole rings is 1. The Morgan fingerprint density at radius 3 is 2.29 bits per heavy atom. The zero-order valence-electron chi connectivity index (χ0n) is 17.0. The van der Waals surface area contributed by atoms with E-state index in [-0.39, 0.29) is 4.90 Å². The van der Waals surface area contributed by atoms with Gasteiger partial charge in [-0.15, -0.1) is 0 Å². The smallest absolute Gasteiger partial charge is 0.279 e. The van der Waals surface area contributed by atoms with Crippen LogP contribution in [0.1, 0.15) is 30.1 Å². The number of aromatic nitrogens is 1. The quantitative estimate of drug-likeness (QED) is 0.525. The van der Waals surface area contributed by atoms with Crippen molar-refractivity contribution < 1.29 is 13.2 Å². The normalized spacial score (nSPS) is 16.8. The summed E-state index contributed by atoms with van der Waals surface area (Å²) in [6.45, 7) is 3.17. The Hall–Kier alpha value is -1.71. The fraction of sp³-hybridized carbons (Fsp3) is 0.333. The third-order valence-electron chi connectivity index (χ3n) is 5.53. The minimum atomic E-state index is -3.56. The summed E-state index contributed by atoms with van der Waals surface area (Å²) in [5, 5.41) is 1.06. The first-order valence-corrected chi connectivity index (χ1v) is 12.8. The van der Waals surface area contributed by atoms with Crippen LogP contribution in [0.3, 0.4) is 0 Å². The number of hydrogen-bond donors (Lipinski definition) is 0. The lowest BCUT2D eigenvalue weighted by Gasteiger charge is -2.29. The van der Waals surface area contributed by atoms with Crippen LogP contribution in [-0.2, 0) is 17.1 Å².